The molecule has 0 radical (unpaired) electrons. The van der Waals surface area contributed by atoms with Crippen LogP contribution in [0, 0.1) is 36.8 Å². The number of hydrogen-bond acceptors (Lipinski definition) is 27. The molecule has 750 valence electrons. The van der Waals surface area contributed by atoms with Gasteiger partial charge in [0.1, 0.15) is 75.6 Å². The number of anilines is 15. The van der Waals surface area contributed by atoms with Gasteiger partial charge in [0.25, 0.3) is 0 Å². The number of nitrogens with one attached hydrogen (secondary N) is 15. The first-order valence-electron chi connectivity index (χ1n) is 48.2. The normalized spacial score (nSPS) is 17.6. The van der Waals surface area contributed by atoms with Gasteiger partial charge in [0.2, 0.25) is 29.5 Å². The predicted octanol–water partition coefficient (Wildman–Crippen LogP) is 19.4. The number of para-hydroxylation sites is 1. The van der Waals surface area contributed by atoms with Crippen molar-refractivity contribution in [3.05, 3.63) is 319 Å². The molecule has 5 saturated carbocycles. The van der Waals surface area contributed by atoms with Crippen molar-refractivity contribution in [3.8, 4) is 6.07 Å². The topological polar surface area (TPSA) is 453 Å². The highest BCUT2D eigenvalue weighted by atomic mass is 35.5. The molecule has 149 heavy (non-hydrogen) atoms. The van der Waals surface area contributed by atoms with E-state index in [0.717, 1.165) is 160 Å². The van der Waals surface area contributed by atoms with Crippen molar-refractivity contribution in [1.82, 2.24) is 105 Å². The minimum absolute atomic E-state index is 0.0504. The number of aryl methyl sites for hydroxylation is 1. The Morgan fingerprint density at radius 2 is 0.664 bits per heavy atom. The minimum atomic E-state index is -0.353. The number of aromatic nitrogens is 16. The summed E-state index contributed by atoms with van der Waals surface area (Å²) in [6.07, 6.45) is 32.4. The van der Waals surface area contributed by atoms with Crippen LogP contribution in [0.4, 0.5) is 95.5 Å². The van der Waals surface area contributed by atoms with Crippen LogP contribution in [0.1, 0.15) is 141 Å². The molecule has 0 spiro atoms. The Bertz CT molecular complexity index is 8190. The van der Waals surface area contributed by atoms with Gasteiger partial charge in [-0.05, 0) is 209 Å². The first-order chi connectivity index (χ1) is 72.0. The number of rotatable bonds is 25. The maximum atomic E-state index is 14.1. The summed E-state index contributed by atoms with van der Waals surface area (Å²) >= 11 is 18.4. The lowest BCUT2D eigenvalue weighted by Crippen LogP contribution is -2.10. The van der Waals surface area contributed by atoms with Crippen molar-refractivity contribution in [2.45, 2.75) is 140 Å². The van der Waals surface area contributed by atoms with E-state index in [0.29, 0.717) is 178 Å². The third kappa shape index (κ3) is 22.9. The molecule has 16 heterocycles. The SMILES string of the molecule is C=C1NC(=O)C/C1=C\c1cnn2c(NC3CC3)cc(Nc3cc(Cl)ccc3C)nc12.C=C1NC(=O)C/C1=C\c1cnn2c(NC3CC3)cc(Nc3ccc(C#N)cc3Cl)nc12.C=C1NC(=O)C/C1=C\c1cnn2c(NC3CC3)cc(Nc3ccc(Cl)cn3)nc12.C=C1NC(=O)C/C1=C\c1cnn2c(NC3CC3)cc(Nc3cccc(F)c3C)nc12.C=C1NC(=O)C/C1=C\c1cnn2c(NC3CC3)cc(Nc3ccccc3F)nc12. The Labute approximate surface area is 865 Å². The molecule has 5 saturated heterocycles. The van der Waals surface area contributed by atoms with Crippen LogP contribution >= 0.6 is 34.8 Å². The van der Waals surface area contributed by atoms with Gasteiger partial charge in [0.05, 0.1) is 96.1 Å². The second-order valence-electron chi connectivity index (χ2n) is 37.4. The third-order valence-corrected chi connectivity index (χ3v) is 26.2. The number of hydrogen-bond donors (Lipinski definition) is 15. The summed E-state index contributed by atoms with van der Waals surface area (Å²) in [4.78, 5) is 86.2. The minimum Gasteiger partial charge on any atom is -0.367 e. The van der Waals surface area contributed by atoms with Crippen molar-refractivity contribution in [3.63, 3.8) is 0 Å². The van der Waals surface area contributed by atoms with E-state index in [9.17, 15) is 32.8 Å². The lowest BCUT2D eigenvalue weighted by molar-refractivity contribution is -0.119. The van der Waals surface area contributed by atoms with E-state index in [1.807, 2.05) is 91.9 Å². The van der Waals surface area contributed by atoms with Crippen molar-refractivity contribution in [2.24, 2.45) is 0 Å². The molecule has 15 N–H and O–H groups in total. The van der Waals surface area contributed by atoms with E-state index in [4.69, 9.17) is 60.0 Å². The maximum absolute atomic E-state index is 14.1. The summed E-state index contributed by atoms with van der Waals surface area (Å²) in [5, 5.41) is 80.3. The van der Waals surface area contributed by atoms with E-state index in [-0.39, 0.29) is 60.4 Å². The van der Waals surface area contributed by atoms with Gasteiger partial charge in [-0.15, -0.1) is 0 Å². The lowest BCUT2D eigenvalue weighted by atomic mass is 10.1. The Hall–Kier alpha value is -17.9. The van der Waals surface area contributed by atoms with Crippen LogP contribution in [0.15, 0.2) is 248 Å². The van der Waals surface area contributed by atoms with Gasteiger partial charge in [-0.25, -0.2) is 38.7 Å². The summed E-state index contributed by atoms with van der Waals surface area (Å²) in [6, 6.07) is 39.4. The highest BCUT2D eigenvalue weighted by molar-refractivity contribution is 6.33. The molecular weight excluding hydrogens is 1960 g/mol. The Balaban J connectivity index is 0.000000109. The first kappa shape index (κ1) is 97.2. The average molecular weight is 2060 g/mol. The van der Waals surface area contributed by atoms with Crippen LogP contribution in [0.5, 0.6) is 0 Å². The van der Waals surface area contributed by atoms with Crippen LogP contribution in [0.25, 0.3) is 58.6 Å². The molecule has 15 aromatic rings. The largest absolute Gasteiger partial charge is 0.367 e. The molecule has 25 rings (SSSR count). The number of amides is 5. The molecule has 11 aromatic heterocycles. The zero-order valence-corrected chi connectivity index (χ0v) is 82.7. The summed E-state index contributed by atoms with van der Waals surface area (Å²) in [7, 11) is 0. The fourth-order valence-corrected chi connectivity index (χ4v) is 17.3. The molecule has 4 aromatic carbocycles. The summed E-state index contributed by atoms with van der Waals surface area (Å²) in [5.41, 5.74) is 19.0. The molecule has 5 aliphatic carbocycles. The van der Waals surface area contributed by atoms with Crippen molar-refractivity contribution in [1.29, 1.82) is 5.26 Å². The number of fused-ring (bicyclic) bond motifs is 5. The predicted molar refractivity (Wildman–Crippen MR) is 573 cm³/mol. The second kappa shape index (κ2) is 41.3. The molecule has 42 heteroatoms. The van der Waals surface area contributed by atoms with Crippen LogP contribution in [-0.4, -0.2) is 138 Å². The summed E-state index contributed by atoms with van der Waals surface area (Å²) in [6.45, 7) is 23.2. The van der Waals surface area contributed by atoms with Crippen LogP contribution in [-0.2, 0) is 24.0 Å². The molecule has 10 aliphatic rings. The van der Waals surface area contributed by atoms with E-state index >= 15 is 0 Å². The standard InChI is InChI=1S/C22H18ClN7O.C22H21ClN6O.C22H21FN6O.C21H19FN6O.C20H18ClN7O/c1-12-14(8-21(31)26-12)7-15-11-25-30-20(27-16-3-4-16)9-19(29-22(15)30)28-18-5-2-13(10-24)6-17(18)23;1-12-3-4-16(23)9-18(12)27-19-10-20(26-17-5-6-17)29-22(28-19)15(11-24-29)7-14-8-21(30)25-13(14)2;1-12-17(23)4-3-5-18(12)27-19-10-20(26-16-6-7-16)29-22(28-19)15(11-24-29)8-14-9-21(30)25-13(14)2;1-12-13(9-20(29)24-12)8-14-11-23-28-19(25-15-6-7-15)10-18(27-21(14)28)26-17-5-3-2-4-16(17)22;1-11-12(7-19(29)24-11)6-13-9-23-28-18(25-15-3-4-15)8-17(27-20(13)28)26-16-5-2-14(21)10-22-16/h2,5-7,9,11,16,27H,1,3-4,8H2,(H,26,31)(H,28,29);3-4,7,9-11,17,26H,2,5-6,8H2,1H3,(H,25,30)(H,27,28);3-5,8,10-11,16,26H,2,6-7,9H2,1H3,(H,25,30)(H,27,28);2-5,8,10-11,15,25H,1,6-7,9H2,(H,24,29)(H,26,27);2,5-6,8-10,15,25H,1,3-4,7H2,(H,24,29)(H,22,26,27)/b2*14-7+;14-8+;13-8+;12-6+. The number of nitriles is 1. The highest BCUT2D eigenvalue weighted by Gasteiger charge is 2.33. The molecule has 0 bridgehead atoms. The Morgan fingerprint density at radius 3 is 0.980 bits per heavy atom. The van der Waals surface area contributed by atoms with E-state index < -0.39 is 0 Å². The summed E-state index contributed by atoms with van der Waals surface area (Å²) in [5.74, 6) is 6.79. The van der Waals surface area contributed by atoms with E-state index in [2.05, 4.69) is 154 Å². The number of carbonyl (C=O) groups is 5. The smallest absolute Gasteiger partial charge is 0.228 e. The maximum Gasteiger partial charge on any atom is 0.228 e. The van der Waals surface area contributed by atoms with Crippen molar-refractivity contribution < 1.29 is 32.8 Å². The molecular formula is C107H97Cl3F2N32O5. The fraction of sp³-hybridized carbons (Fsp3) is 0.206. The van der Waals surface area contributed by atoms with Gasteiger partial charge in [0.15, 0.2) is 28.2 Å². The number of carbonyl (C=O) groups excluding carboxylic acids is 5. The number of pyridine rings is 1. The Morgan fingerprint density at radius 1 is 0.349 bits per heavy atom. The van der Waals surface area contributed by atoms with E-state index in [1.54, 1.807) is 121 Å². The molecule has 0 atom stereocenters. The summed E-state index contributed by atoms with van der Waals surface area (Å²) < 4.78 is 36.9. The number of halogens is 5. The molecule has 10 fully saturated rings. The zero-order chi connectivity index (χ0) is 103. The van der Waals surface area contributed by atoms with Gasteiger partial charge in [-0.3, -0.25) is 24.0 Å². The van der Waals surface area contributed by atoms with Gasteiger partial charge in [-0.2, -0.15) is 53.3 Å². The average Bonchev–Trinajstić information content (AvgIpc) is 1.67. The first-order valence-corrected chi connectivity index (χ1v) is 49.4. The van der Waals surface area contributed by atoms with Crippen LogP contribution in [0.3, 0.4) is 0 Å². The molecule has 5 amide bonds. The monoisotopic (exact) mass is 2050 g/mol. The highest BCUT2D eigenvalue weighted by Crippen LogP contribution is 2.40. The fourth-order valence-electron chi connectivity index (χ4n) is 16.8. The third-order valence-electron chi connectivity index (χ3n) is 25.4. The second-order valence-corrected chi connectivity index (χ2v) is 38.7. The lowest BCUT2D eigenvalue weighted by Gasteiger charge is -2.13. The molecule has 37 nitrogen and oxygen atoms in total. The number of benzene rings is 4. The quantitative estimate of drug-likeness (QED) is 0.0253. The Kier molecular flexibility index (Phi) is 26.9. The van der Waals surface area contributed by atoms with Gasteiger partial charge < -0.3 is 79.8 Å². The van der Waals surface area contributed by atoms with Crippen molar-refractivity contribution >= 4 is 210 Å². The molecule has 5 aliphatic heterocycles. The van der Waals surface area contributed by atoms with Gasteiger partial charge in [0, 0.05) is 145 Å². The zero-order valence-electron chi connectivity index (χ0n) is 80.5. The van der Waals surface area contributed by atoms with Gasteiger partial charge in [-0.1, -0.05) is 92.0 Å². The van der Waals surface area contributed by atoms with Crippen molar-refractivity contribution in [2.75, 3.05) is 53.2 Å². The number of allylic oxidation sites excluding steroid dienone is 5. The van der Waals surface area contributed by atoms with Crippen LogP contribution < -0.4 is 79.8 Å². The molecule has 0 unspecified atom stereocenters. The van der Waals surface area contributed by atoms with Gasteiger partial charge >= 0.3 is 0 Å². The van der Waals surface area contributed by atoms with Crippen LogP contribution in [0.2, 0.25) is 15.1 Å². The van der Waals surface area contributed by atoms with E-state index in [1.165, 1.54) is 12.1 Å². The number of nitrogens with zero attached hydrogens (tertiary/aromatic N) is 17.